The molecule has 0 atom stereocenters. The van der Waals surface area contributed by atoms with Crippen LogP contribution in [0.4, 0.5) is 10.1 Å². The van der Waals surface area contributed by atoms with Gasteiger partial charge >= 0.3 is 0 Å². The highest BCUT2D eigenvalue weighted by molar-refractivity contribution is 5.97. The summed E-state index contributed by atoms with van der Waals surface area (Å²) in [6.45, 7) is 11.8. The molecule has 160 valence electrons. The van der Waals surface area contributed by atoms with E-state index < -0.39 is 5.82 Å². The molecule has 2 aromatic rings. The van der Waals surface area contributed by atoms with Gasteiger partial charge in [-0.3, -0.25) is 9.78 Å². The summed E-state index contributed by atoms with van der Waals surface area (Å²) in [7, 11) is 0. The Hall–Kier alpha value is -2.67. The molecule has 0 unspecified atom stereocenters. The van der Waals surface area contributed by atoms with Crippen molar-refractivity contribution >= 4 is 11.6 Å². The Morgan fingerprint density at radius 2 is 1.87 bits per heavy atom. The van der Waals surface area contributed by atoms with E-state index in [-0.39, 0.29) is 23.6 Å². The van der Waals surface area contributed by atoms with Gasteiger partial charge in [-0.2, -0.15) is 0 Å². The van der Waals surface area contributed by atoms with E-state index >= 15 is 0 Å². The fraction of sp³-hybridized carbons (Fsp3) is 0.478. The minimum Gasteiger partial charge on any atom is -0.453 e. The molecule has 1 aromatic carbocycles. The molecular formula is C23H29FN4O2. The molecule has 2 aliphatic rings. The maximum atomic E-state index is 14.1. The van der Waals surface area contributed by atoms with Crippen LogP contribution in [-0.2, 0) is 0 Å². The Morgan fingerprint density at radius 3 is 2.47 bits per heavy atom. The molecule has 6 nitrogen and oxygen atoms in total. The summed E-state index contributed by atoms with van der Waals surface area (Å²) in [4.78, 5) is 21.5. The number of hydrogen-bond donors (Lipinski definition) is 1. The van der Waals surface area contributed by atoms with Gasteiger partial charge in [-0.1, -0.05) is 0 Å². The monoisotopic (exact) mass is 412 g/mol. The lowest BCUT2D eigenvalue weighted by Gasteiger charge is -2.57. The van der Waals surface area contributed by atoms with Crippen molar-refractivity contribution in [1.29, 1.82) is 0 Å². The molecule has 4 rings (SSSR count). The SMILES string of the molecule is CC(C)N(C(=O)c1cc(F)ccc1Oc1cnccc1N1CC2(CNC2)C1)C(C)C. The van der Waals surface area contributed by atoms with E-state index in [1.165, 1.54) is 18.2 Å². The van der Waals surface area contributed by atoms with Gasteiger partial charge in [0.2, 0.25) is 0 Å². The number of ether oxygens (including phenoxy) is 1. The average Bonchev–Trinajstić information content (AvgIpc) is 2.61. The van der Waals surface area contributed by atoms with E-state index in [4.69, 9.17) is 4.74 Å². The Kier molecular flexibility index (Phi) is 5.40. The lowest BCUT2D eigenvalue weighted by molar-refractivity contribution is 0.0640. The molecular weight excluding hydrogens is 383 g/mol. The van der Waals surface area contributed by atoms with Crippen molar-refractivity contribution in [3.8, 4) is 11.5 Å². The highest BCUT2D eigenvalue weighted by Gasteiger charge is 2.48. The predicted octanol–water partition coefficient (Wildman–Crippen LogP) is 3.68. The minimum absolute atomic E-state index is 0.0177. The van der Waals surface area contributed by atoms with Crippen molar-refractivity contribution < 1.29 is 13.9 Å². The first-order chi connectivity index (χ1) is 14.3. The summed E-state index contributed by atoms with van der Waals surface area (Å²) in [6.07, 6.45) is 3.39. The van der Waals surface area contributed by atoms with E-state index in [2.05, 4.69) is 15.2 Å². The largest absolute Gasteiger partial charge is 0.453 e. The quantitative estimate of drug-likeness (QED) is 0.784. The van der Waals surface area contributed by atoms with Gasteiger partial charge in [0.05, 0.1) is 17.4 Å². The van der Waals surface area contributed by atoms with Crippen molar-refractivity contribution in [3.05, 3.63) is 48.0 Å². The number of halogens is 1. The van der Waals surface area contributed by atoms with E-state index in [1.807, 2.05) is 33.8 Å². The number of nitrogens with one attached hydrogen (secondary N) is 1. The smallest absolute Gasteiger partial charge is 0.258 e. The zero-order chi connectivity index (χ0) is 21.5. The first-order valence-corrected chi connectivity index (χ1v) is 10.5. The summed E-state index contributed by atoms with van der Waals surface area (Å²) in [5, 5.41) is 3.34. The Labute approximate surface area is 177 Å². The second-order valence-electron chi connectivity index (χ2n) is 8.95. The van der Waals surface area contributed by atoms with Crippen molar-refractivity contribution in [1.82, 2.24) is 15.2 Å². The molecule has 30 heavy (non-hydrogen) atoms. The summed E-state index contributed by atoms with van der Waals surface area (Å²) >= 11 is 0. The van der Waals surface area contributed by atoms with Crippen LogP contribution >= 0.6 is 0 Å². The number of pyridine rings is 1. The fourth-order valence-electron chi connectivity index (χ4n) is 4.43. The summed E-state index contributed by atoms with van der Waals surface area (Å²) in [6, 6.07) is 5.98. The summed E-state index contributed by atoms with van der Waals surface area (Å²) in [5.41, 5.74) is 1.53. The topological polar surface area (TPSA) is 57.7 Å². The molecule has 0 radical (unpaired) electrons. The first-order valence-electron chi connectivity index (χ1n) is 10.5. The zero-order valence-electron chi connectivity index (χ0n) is 18.0. The number of hydrogen-bond acceptors (Lipinski definition) is 5. The Bertz CT molecular complexity index is 927. The van der Waals surface area contributed by atoms with Crippen molar-refractivity contribution in [2.24, 2.45) is 5.41 Å². The molecule has 0 aliphatic carbocycles. The van der Waals surface area contributed by atoms with E-state index in [1.54, 1.807) is 17.3 Å². The van der Waals surface area contributed by atoms with Gasteiger partial charge in [0, 0.05) is 49.9 Å². The van der Waals surface area contributed by atoms with Gasteiger partial charge in [0.25, 0.3) is 5.91 Å². The number of benzene rings is 1. The van der Waals surface area contributed by atoms with Crippen LogP contribution in [-0.4, -0.2) is 54.1 Å². The Morgan fingerprint density at radius 1 is 1.17 bits per heavy atom. The number of carbonyl (C=O) groups excluding carboxylic acids is 1. The van der Waals surface area contributed by atoms with Crippen molar-refractivity contribution in [2.45, 2.75) is 39.8 Å². The number of aromatic nitrogens is 1. The van der Waals surface area contributed by atoms with E-state index in [0.29, 0.717) is 16.9 Å². The molecule has 2 fully saturated rings. The van der Waals surface area contributed by atoms with Crippen LogP contribution in [0.2, 0.25) is 0 Å². The van der Waals surface area contributed by atoms with E-state index in [0.717, 1.165) is 31.9 Å². The zero-order valence-corrected chi connectivity index (χ0v) is 18.0. The number of nitrogens with zero attached hydrogens (tertiary/aromatic N) is 3. The number of amides is 1. The third kappa shape index (κ3) is 3.74. The second kappa shape index (κ2) is 7.87. The fourth-order valence-corrected chi connectivity index (χ4v) is 4.43. The van der Waals surface area contributed by atoms with Crippen LogP contribution in [0.15, 0.2) is 36.7 Å². The van der Waals surface area contributed by atoms with Gasteiger partial charge in [0.15, 0.2) is 5.75 Å². The van der Waals surface area contributed by atoms with E-state index in [9.17, 15) is 9.18 Å². The highest BCUT2D eigenvalue weighted by Crippen LogP contribution is 2.42. The van der Waals surface area contributed by atoms with Crippen LogP contribution < -0.4 is 15.0 Å². The van der Waals surface area contributed by atoms with Crippen LogP contribution in [0.3, 0.4) is 0 Å². The normalized spacial score (nSPS) is 17.1. The van der Waals surface area contributed by atoms with Crippen molar-refractivity contribution in [3.63, 3.8) is 0 Å². The summed E-state index contributed by atoms with van der Waals surface area (Å²) in [5.74, 6) is 0.193. The van der Waals surface area contributed by atoms with Crippen LogP contribution in [0, 0.1) is 11.2 Å². The molecule has 1 N–H and O–H groups in total. The molecule has 0 saturated carbocycles. The Balaban J connectivity index is 1.63. The first kappa shape index (κ1) is 20.6. The second-order valence-corrected chi connectivity index (χ2v) is 8.95. The third-order valence-corrected chi connectivity index (χ3v) is 5.90. The van der Waals surface area contributed by atoms with Crippen LogP contribution in [0.5, 0.6) is 11.5 Å². The molecule has 2 aliphatic heterocycles. The maximum Gasteiger partial charge on any atom is 0.258 e. The van der Waals surface area contributed by atoms with Crippen LogP contribution in [0.25, 0.3) is 0 Å². The third-order valence-electron chi connectivity index (χ3n) is 5.90. The molecule has 7 heteroatoms. The maximum absolute atomic E-state index is 14.1. The van der Waals surface area contributed by atoms with Gasteiger partial charge in [0.1, 0.15) is 11.6 Å². The minimum atomic E-state index is -0.466. The average molecular weight is 413 g/mol. The summed E-state index contributed by atoms with van der Waals surface area (Å²) < 4.78 is 20.2. The van der Waals surface area contributed by atoms with Gasteiger partial charge in [-0.05, 0) is 52.0 Å². The number of rotatable bonds is 6. The number of carbonyl (C=O) groups is 1. The number of anilines is 1. The van der Waals surface area contributed by atoms with Crippen LogP contribution in [0.1, 0.15) is 38.1 Å². The van der Waals surface area contributed by atoms with Gasteiger partial charge in [-0.15, -0.1) is 0 Å². The molecule has 1 aromatic heterocycles. The van der Waals surface area contributed by atoms with Gasteiger partial charge < -0.3 is 19.9 Å². The predicted molar refractivity (Wildman–Crippen MR) is 115 cm³/mol. The molecule has 0 bridgehead atoms. The molecule has 3 heterocycles. The highest BCUT2D eigenvalue weighted by atomic mass is 19.1. The van der Waals surface area contributed by atoms with Crippen molar-refractivity contribution in [2.75, 3.05) is 31.1 Å². The van der Waals surface area contributed by atoms with Gasteiger partial charge in [-0.25, -0.2) is 4.39 Å². The lowest BCUT2D eigenvalue weighted by Crippen LogP contribution is -2.71. The lowest BCUT2D eigenvalue weighted by atomic mass is 9.74. The molecule has 1 spiro atoms. The molecule has 2 saturated heterocycles. The molecule has 1 amide bonds. The standard InChI is InChI=1S/C23H29FN4O2/c1-15(2)28(16(3)4)22(29)18-9-17(24)5-6-20(18)30-21-10-25-8-7-19(21)27-13-23(14-27)11-26-12-23/h5-10,15-16,26H,11-14H2,1-4H3.